The summed E-state index contributed by atoms with van der Waals surface area (Å²) in [5.41, 5.74) is -0.609. The minimum absolute atomic E-state index is 0.0732. The Kier molecular flexibility index (Phi) is 8.07. The number of esters is 1. The van der Waals surface area contributed by atoms with Crippen molar-refractivity contribution < 1.29 is 19.1 Å². The van der Waals surface area contributed by atoms with E-state index in [0.717, 1.165) is 0 Å². The Balaban J connectivity index is 2.32. The molecule has 7 nitrogen and oxygen atoms in total. The number of nitriles is 1. The topological polar surface area (TPSA) is 108 Å². The van der Waals surface area contributed by atoms with Crippen LogP contribution in [-0.2, 0) is 14.3 Å². The number of nitrogens with one attached hydrogen (secondary N) is 2. The summed E-state index contributed by atoms with van der Waals surface area (Å²) in [5.74, 6) is -1.62. The van der Waals surface area contributed by atoms with Gasteiger partial charge in [-0.1, -0.05) is 25.4 Å². The average Bonchev–Trinajstić information content (AvgIpc) is 2.60. The first-order valence-corrected chi connectivity index (χ1v) is 8.47. The zero-order valence-electron chi connectivity index (χ0n) is 15.0. The van der Waals surface area contributed by atoms with E-state index in [4.69, 9.17) is 21.6 Å². The normalized spacial score (nSPS) is 12.6. The number of hydrogen-bond acceptors (Lipinski definition) is 5. The van der Waals surface area contributed by atoms with Crippen molar-refractivity contribution in [2.45, 2.75) is 32.7 Å². The molecule has 1 rings (SSSR count). The predicted molar refractivity (Wildman–Crippen MR) is 96.4 cm³/mol. The summed E-state index contributed by atoms with van der Waals surface area (Å²) in [6, 6.07) is 8.36. The fraction of sp³-hybridized carbons (Fsp3) is 0.444. The zero-order chi connectivity index (χ0) is 19.7. The summed E-state index contributed by atoms with van der Waals surface area (Å²) >= 11 is 5.75. The van der Waals surface area contributed by atoms with Crippen molar-refractivity contribution in [3.05, 3.63) is 34.9 Å². The fourth-order valence-corrected chi connectivity index (χ4v) is 1.95. The van der Waals surface area contributed by atoms with Gasteiger partial charge in [-0.2, -0.15) is 5.26 Å². The van der Waals surface area contributed by atoms with Crippen LogP contribution < -0.4 is 10.6 Å². The fourth-order valence-electron chi connectivity index (χ4n) is 1.83. The van der Waals surface area contributed by atoms with Crippen LogP contribution in [0.2, 0.25) is 5.02 Å². The number of nitrogens with zero attached hydrogens (tertiary/aromatic N) is 1. The van der Waals surface area contributed by atoms with Crippen LogP contribution in [0.25, 0.3) is 0 Å². The molecule has 0 aromatic heterocycles. The van der Waals surface area contributed by atoms with Gasteiger partial charge in [0.25, 0.3) is 11.8 Å². The third-order valence-corrected chi connectivity index (χ3v) is 4.12. The quantitative estimate of drug-likeness (QED) is 0.672. The van der Waals surface area contributed by atoms with E-state index in [0.29, 0.717) is 10.6 Å². The Hall–Kier alpha value is -2.59. The molecule has 0 aliphatic carbocycles. The smallest absolute Gasteiger partial charge is 0.308 e. The highest BCUT2D eigenvalue weighted by Gasteiger charge is 2.30. The van der Waals surface area contributed by atoms with Crippen molar-refractivity contribution in [1.82, 2.24) is 10.6 Å². The average molecular weight is 380 g/mol. The van der Waals surface area contributed by atoms with Gasteiger partial charge >= 0.3 is 5.97 Å². The minimum Gasteiger partial charge on any atom is -0.456 e. The Labute approximate surface area is 157 Å². The summed E-state index contributed by atoms with van der Waals surface area (Å²) in [7, 11) is 0. The summed E-state index contributed by atoms with van der Waals surface area (Å²) in [6.45, 7) is 4.80. The van der Waals surface area contributed by atoms with Crippen molar-refractivity contribution in [2.75, 3.05) is 13.2 Å². The molecule has 0 spiro atoms. The van der Waals surface area contributed by atoms with Gasteiger partial charge in [0.2, 0.25) is 0 Å². The van der Waals surface area contributed by atoms with Crippen molar-refractivity contribution in [3.8, 4) is 6.07 Å². The first-order valence-electron chi connectivity index (χ1n) is 8.09. The van der Waals surface area contributed by atoms with E-state index in [2.05, 4.69) is 10.6 Å². The van der Waals surface area contributed by atoms with Gasteiger partial charge in [-0.25, -0.2) is 0 Å². The van der Waals surface area contributed by atoms with Gasteiger partial charge in [-0.05, 0) is 37.1 Å². The molecular weight excluding hydrogens is 358 g/mol. The molecule has 2 N–H and O–H groups in total. The molecule has 1 atom stereocenters. The van der Waals surface area contributed by atoms with Crippen molar-refractivity contribution in [2.24, 2.45) is 5.92 Å². The lowest BCUT2D eigenvalue weighted by atomic mass is 9.90. The van der Waals surface area contributed by atoms with Gasteiger partial charge in [-0.15, -0.1) is 0 Å². The molecule has 0 bridgehead atoms. The van der Waals surface area contributed by atoms with Crippen LogP contribution in [-0.4, -0.2) is 36.5 Å². The maximum atomic E-state index is 11.9. The van der Waals surface area contributed by atoms with E-state index in [-0.39, 0.29) is 24.8 Å². The largest absolute Gasteiger partial charge is 0.456 e. The van der Waals surface area contributed by atoms with Crippen LogP contribution in [0.1, 0.15) is 37.6 Å². The highest BCUT2D eigenvalue weighted by molar-refractivity contribution is 6.30. The highest BCUT2D eigenvalue weighted by Crippen LogP contribution is 2.14. The Morgan fingerprint density at radius 3 is 2.42 bits per heavy atom. The molecule has 26 heavy (non-hydrogen) atoms. The van der Waals surface area contributed by atoms with Crippen molar-refractivity contribution in [1.29, 1.82) is 5.26 Å². The standard InChI is InChI=1S/C18H22ClN3O4/c1-12(2)18(3,11-20)22-15(23)10-26-16(24)8-9-21-17(25)13-4-6-14(19)7-5-13/h4-7,12H,8-10H2,1-3H3,(H,21,25)(H,22,23)/t18-/m1/s1. The van der Waals surface area contributed by atoms with Gasteiger partial charge < -0.3 is 15.4 Å². The summed E-state index contributed by atoms with van der Waals surface area (Å²) in [4.78, 5) is 35.3. The van der Waals surface area contributed by atoms with Crippen LogP contribution in [0.15, 0.2) is 24.3 Å². The van der Waals surface area contributed by atoms with E-state index in [1.54, 1.807) is 45.0 Å². The second-order valence-corrected chi connectivity index (χ2v) is 6.63. The second-order valence-electron chi connectivity index (χ2n) is 6.19. The number of amides is 2. The number of benzene rings is 1. The lowest BCUT2D eigenvalue weighted by molar-refractivity contribution is -0.148. The van der Waals surface area contributed by atoms with Crippen LogP contribution >= 0.6 is 11.6 Å². The Morgan fingerprint density at radius 1 is 1.27 bits per heavy atom. The molecule has 0 aliphatic rings. The van der Waals surface area contributed by atoms with Gasteiger partial charge in [0.15, 0.2) is 6.61 Å². The first-order chi connectivity index (χ1) is 12.2. The molecule has 0 saturated heterocycles. The number of rotatable bonds is 8. The number of ether oxygens (including phenoxy) is 1. The van der Waals surface area contributed by atoms with Crippen LogP contribution in [0.4, 0.5) is 0 Å². The monoisotopic (exact) mass is 379 g/mol. The molecule has 1 aromatic carbocycles. The van der Waals surface area contributed by atoms with E-state index >= 15 is 0 Å². The van der Waals surface area contributed by atoms with Crippen molar-refractivity contribution in [3.63, 3.8) is 0 Å². The van der Waals surface area contributed by atoms with Gasteiger partial charge in [0, 0.05) is 17.1 Å². The molecule has 8 heteroatoms. The number of hydrogen-bond donors (Lipinski definition) is 2. The van der Waals surface area contributed by atoms with E-state index < -0.39 is 24.0 Å². The third-order valence-electron chi connectivity index (χ3n) is 3.87. The lowest BCUT2D eigenvalue weighted by Crippen LogP contribution is -2.50. The maximum Gasteiger partial charge on any atom is 0.308 e. The molecule has 0 heterocycles. The second kappa shape index (κ2) is 9.78. The highest BCUT2D eigenvalue weighted by atomic mass is 35.5. The zero-order valence-corrected chi connectivity index (χ0v) is 15.7. The molecule has 0 aliphatic heterocycles. The lowest BCUT2D eigenvalue weighted by Gasteiger charge is -2.27. The summed E-state index contributed by atoms with van der Waals surface area (Å²) in [6.07, 6.45) is -0.0771. The molecule has 0 unspecified atom stereocenters. The van der Waals surface area contributed by atoms with Gasteiger partial charge in [-0.3, -0.25) is 14.4 Å². The molecule has 0 saturated carbocycles. The maximum absolute atomic E-state index is 11.9. The van der Waals surface area contributed by atoms with Crippen molar-refractivity contribution >= 4 is 29.4 Å². The molecular formula is C18H22ClN3O4. The molecule has 140 valence electrons. The van der Waals surface area contributed by atoms with Crippen LogP contribution in [0.5, 0.6) is 0 Å². The Bertz CT molecular complexity index is 697. The molecule has 0 fully saturated rings. The molecule has 2 amide bonds. The Morgan fingerprint density at radius 2 is 1.88 bits per heavy atom. The van der Waals surface area contributed by atoms with E-state index in [9.17, 15) is 14.4 Å². The van der Waals surface area contributed by atoms with Gasteiger partial charge in [0.1, 0.15) is 5.54 Å². The number of halogens is 1. The SMILES string of the molecule is CC(C)[C@@](C)(C#N)NC(=O)COC(=O)CCNC(=O)c1ccc(Cl)cc1. The number of carbonyl (C=O) groups excluding carboxylic acids is 3. The van der Waals surface area contributed by atoms with Crippen LogP contribution in [0, 0.1) is 17.2 Å². The van der Waals surface area contributed by atoms with E-state index in [1.165, 1.54) is 0 Å². The minimum atomic E-state index is -1.03. The number of carbonyl (C=O) groups is 3. The molecule has 0 radical (unpaired) electrons. The van der Waals surface area contributed by atoms with Gasteiger partial charge in [0.05, 0.1) is 12.5 Å². The first kappa shape index (κ1) is 21.5. The van der Waals surface area contributed by atoms with Crippen LogP contribution in [0.3, 0.4) is 0 Å². The summed E-state index contributed by atoms with van der Waals surface area (Å²) in [5, 5.41) is 14.8. The molecule has 1 aromatic rings. The summed E-state index contributed by atoms with van der Waals surface area (Å²) < 4.78 is 4.85. The van der Waals surface area contributed by atoms with E-state index in [1.807, 2.05) is 6.07 Å². The third kappa shape index (κ3) is 6.73. The predicted octanol–water partition coefficient (Wildman–Crippen LogP) is 2.06.